The highest BCUT2D eigenvalue weighted by molar-refractivity contribution is 6.33. The number of carbonyl (C=O) groups excluding carboxylic acids is 1. The summed E-state index contributed by atoms with van der Waals surface area (Å²) in [6.07, 6.45) is 3.71. The topological polar surface area (TPSA) is 62.1 Å². The second-order valence-corrected chi connectivity index (χ2v) is 8.04. The molecule has 3 aromatic rings. The van der Waals surface area contributed by atoms with Gasteiger partial charge in [-0.25, -0.2) is 0 Å². The number of nitrogens with zero attached hydrogens (tertiary/aromatic N) is 1. The summed E-state index contributed by atoms with van der Waals surface area (Å²) in [4.78, 5) is 12.5. The van der Waals surface area contributed by atoms with E-state index < -0.39 is 0 Å². The zero-order valence-corrected chi connectivity index (χ0v) is 17.4. The van der Waals surface area contributed by atoms with E-state index in [1.165, 1.54) is 0 Å². The Balaban J connectivity index is 1.69. The van der Waals surface area contributed by atoms with Gasteiger partial charge in [-0.2, -0.15) is 5.26 Å². The van der Waals surface area contributed by atoms with Crippen LogP contribution in [0.4, 0.5) is 5.69 Å². The number of benzene rings is 3. The molecule has 1 amide bonds. The molecule has 4 nitrogen and oxygen atoms in total. The molecule has 3 aromatic carbocycles. The van der Waals surface area contributed by atoms with E-state index >= 15 is 0 Å². The average molecular weight is 435 g/mol. The van der Waals surface area contributed by atoms with Crippen LogP contribution in [-0.4, -0.2) is 18.4 Å². The monoisotopic (exact) mass is 434 g/mol. The molecular weight excluding hydrogens is 419 g/mol. The average Bonchev–Trinajstić information content (AvgIpc) is 3.09. The van der Waals surface area contributed by atoms with Crippen molar-refractivity contribution in [2.45, 2.75) is 12.8 Å². The molecular formula is C24H16Cl2N2O2. The lowest BCUT2D eigenvalue weighted by atomic mass is 9.84. The van der Waals surface area contributed by atoms with Crippen LogP contribution >= 0.6 is 23.2 Å². The second kappa shape index (κ2) is 7.36. The van der Waals surface area contributed by atoms with Gasteiger partial charge in [0.2, 0.25) is 0 Å². The third kappa shape index (κ3) is 2.86. The fraction of sp³-hybridized carbons (Fsp3) is 0.167. The van der Waals surface area contributed by atoms with Crippen molar-refractivity contribution in [2.24, 2.45) is 0 Å². The molecule has 0 fully saturated rings. The summed E-state index contributed by atoms with van der Waals surface area (Å²) in [6, 6.07) is 13.9. The van der Waals surface area contributed by atoms with Crippen LogP contribution in [0.25, 0.3) is 16.3 Å². The van der Waals surface area contributed by atoms with Crippen molar-refractivity contribution in [3.63, 3.8) is 0 Å². The number of alkyl halides is 1. The standard InChI is InChI=1S/C24H16Cl2N2O2/c25-7-8-30-23-15(12-27)11-18-16(4-2-5-17(18)22(23)26)14-9-13-3-1-6-20-21(13)19(10-14)24(29)28-20/h1,3-4,6,9-11H,2,5,7-8H2,(H,28,29). The van der Waals surface area contributed by atoms with Gasteiger partial charge in [-0.3, -0.25) is 4.79 Å². The Bertz CT molecular complexity index is 1310. The summed E-state index contributed by atoms with van der Waals surface area (Å²) in [5.74, 6) is 0.606. The molecule has 1 aliphatic carbocycles. The molecule has 148 valence electrons. The molecule has 1 aliphatic heterocycles. The SMILES string of the molecule is N#Cc1cc2c(c(Cl)c1OCCCl)CCC=C2c1cc2c3c(cccc3c1)NC2=O. The van der Waals surface area contributed by atoms with Crippen LogP contribution in [0, 0.1) is 11.3 Å². The van der Waals surface area contributed by atoms with E-state index in [1.807, 2.05) is 30.3 Å². The van der Waals surface area contributed by atoms with Gasteiger partial charge in [-0.05, 0) is 64.8 Å². The maximum absolute atomic E-state index is 12.5. The van der Waals surface area contributed by atoms with Crippen molar-refractivity contribution in [1.29, 1.82) is 5.26 Å². The van der Waals surface area contributed by atoms with Crippen molar-refractivity contribution < 1.29 is 9.53 Å². The first-order valence-electron chi connectivity index (χ1n) is 9.65. The van der Waals surface area contributed by atoms with Crippen molar-refractivity contribution in [2.75, 3.05) is 17.8 Å². The first kappa shape index (κ1) is 19.0. The summed E-state index contributed by atoms with van der Waals surface area (Å²) < 4.78 is 5.67. The number of amides is 1. The second-order valence-electron chi connectivity index (χ2n) is 7.28. The number of nitrogens with one attached hydrogen (secondary N) is 1. The van der Waals surface area contributed by atoms with Crippen molar-refractivity contribution in [3.05, 3.63) is 75.3 Å². The third-order valence-corrected chi connectivity index (χ3v) is 6.13. The van der Waals surface area contributed by atoms with Crippen LogP contribution in [-0.2, 0) is 6.42 Å². The van der Waals surface area contributed by atoms with Crippen LogP contribution in [0.5, 0.6) is 5.75 Å². The van der Waals surface area contributed by atoms with Gasteiger partial charge >= 0.3 is 0 Å². The van der Waals surface area contributed by atoms with E-state index in [0.29, 0.717) is 27.8 Å². The summed E-state index contributed by atoms with van der Waals surface area (Å²) in [5.41, 5.74) is 5.65. The van der Waals surface area contributed by atoms with Crippen molar-refractivity contribution in [1.82, 2.24) is 0 Å². The molecule has 1 heterocycles. The van der Waals surface area contributed by atoms with E-state index in [4.69, 9.17) is 27.9 Å². The first-order chi connectivity index (χ1) is 14.6. The Kier molecular flexibility index (Phi) is 4.66. The van der Waals surface area contributed by atoms with Crippen LogP contribution in [0.2, 0.25) is 5.02 Å². The zero-order valence-electron chi connectivity index (χ0n) is 15.9. The number of anilines is 1. The predicted octanol–water partition coefficient (Wildman–Crippen LogP) is 5.93. The quantitative estimate of drug-likeness (QED) is 0.517. The molecule has 0 saturated heterocycles. The minimum absolute atomic E-state index is 0.0970. The number of nitriles is 1. The number of rotatable bonds is 4. The van der Waals surface area contributed by atoms with Crippen LogP contribution < -0.4 is 10.1 Å². The molecule has 5 rings (SSSR count). The highest BCUT2D eigenvalue weighted by Crippen LogP contribution is 2.43. The van der Waals surface area contributed by atoms with Gasteiger partial charge in [0.25, 0.3) is 5.91 Å². The number of hydrogen-bond acceptors (Lipinski definition) is 3. The van der Waals surface area contributed by atoms with Crippen LogP contribution in [0.3, 0.4) is 0 Å². The third-order valence-electron chi connectivity index (χ3n) is 5.58. The summed E-state index contributed by atoms with van der Waals surface area (Å²) >= 11 is 12.4. The Morgan fingerprint density at radius 1 is 1.20 bits per heavy atom. The lowest BCUT2D eigenvalue weighted by molar-refractivity contribution is 0.103. The highest BCUT2D eigenvalue weighted by atomic mass is 35.5. The van der Waals surface area contributed by atoms with Gasteiger partial charge in [0.15, 0.2) is 5.75 Å². The van der Waals surface area contributed by atoms with E-state index in [0.717, 1.165) is 51.6 Å². The minimum atomic E-state index is -0.0970. The van der Waals surface area contributed by atoms with E-state index in [2.05, 4.69) is 23.5 Å². The molecule has 6 heteroatoms. The zero-order chi connectivity index (χ0) is 20.8. The van der Waals surface area contributed by atoms with Crippen molar-refractivity contribution >= 4 is 51.1 Å². The maximum Gasteiger partial charge on any atom is 0.256 e. The first-order valence-corrected chi connectivity index (χ1v) is 10.6. The molecule has 0 unspecified atom stereocenters. The molecule has 0 spiro atoms. The Labute approximate surface area is 183 Å². The molecule has 0 aromatic heterocycles. The van der Waals surface area contributed by atoms with Gasteiger partial charge in [0, 0.05) is 11.1 Å². The number of carbonyl (C=O) groups is 1. The largest absolute Gasteiger partial charge is 0.489 e. The van der Waals surface area contributed by atoms with Gasteiger partial charge in [0.1, 0.15) is 12.7 Å². The molecule has 0 bridgehead atoms. The van der Waals surface area contributed by atoms with Gasteiger partial charge in [-0.15, -0.1) is 11.6 Å². The van der Waals surface area contributed by atoms with E-state index in [9.17, 15) is 10.1 Å². The van der Waals surface area contributed by atoms with Gasteiger partial charge < -0.3 is 10.1 Å². The Hall–Kier alpha value is -3.00. The number of allylic oxidation sites excluding steroid dienone is 1. The fourth-order valence-corrected chi connectivity index (χ4v) is 4.75. The Morgan fingerprint density at radius 3 is 2.87 bits per heavy atom. The Morgan fingerprint density at radius 2 is 2.07 bits per heavy atom. The van der Waals surface area contributed by atoms with Crippen LogP contribution in [0.1, 0.15) is 39.0 Å². The summed E-state index contributed by atoms with van der Waals surface area (Å²) in [6.45, 7) is 0.281. The smallest absolute Gasteiger partial charge is 0.256 e. The predicted molar refractivity (Wildman–Crippen MR) is 120 cm³/mol. The van der Waals surface area contributed by atoms with E-state index in [1.54, 1.807) is 0 Å². The highest BCUT2D eigenvalue weighted by Gasteiger charge is 2.26. The molecule has 0 radical (unpaired) electrons. The summed E-state index contributed by atoms with van der Waals surface area (Å²) in [5, 5.41) is 15.0. The van der Waals surface area contributed by atoms with E-state index in [-0.39, 0.29) is 12.5 Å². The summed E-state index contributed by atoms with van der Waals surface area (Å²) in [7, 11) is 0. The minimum Gasteiger partial charge on any atom is -0.489 e. The number of halogens is 2. The molecule has 2 aliphatic rings. The molecule has 0 atom stereocenters. The maximum atomic E-state index is 12.5. The number of ether oxygens (including phenoxy) is 1. The molecule has 1 N–H and O–H groups in total. The fourth-order valence-electron chi connectivity index (χ4n) is 4.32. The molecule has 30 heavy (non-hydrogen) atoms. The number of hydrogen-bond donors (Lipinski definition) is 1. The van der Waals surface area contributed by atoms with Crippen molar-refractivity contribution in [3.8, 4) is 11.8 Å². The van der Waals surface area contributed by atoms with Crippen LogP contribution in [0.15, 0.2) is 42.5 Å². The molecule has 0 saturated carbocycles. The number of fused-ring (bicyclic) bond motifs is 1. The lowest BCUT2D eigenvalue weighted by Crippen LogP contribution is -2.08. The lowest BCUT2D eigenvalue weighted by Gasteiger charge is -2.22. The normalized spacial score (nSPS) is 14.2. The van der Waals surface area contributed by atoms with Gasteiger partial charge in [-0.1, -0.05) is 29.8 Å². The van der Waals surface area contributed by atoms with Gasteiger partial charge in [0.05, 0.1) is 22.0 Å².